The van der Waals surface area contributed by atoms with Crippen LogP contribution in [0.5, 0.6) is 0 Å². The molecule has 70 heavy (non-hydrogen) atoms. The molecule has 2 N–H and O–H groups in total. The molecule has 0 aromatic carbocycles. The average Bonchev–Trinajstić information content (AvgIpc) is 3.88. The first-order valence-electron chi connectivity index (χ1n) is 25.4. The molecule has 1 aromatic heterocycles. The highest BCUT2D eigenvalue weighted by Gasteiger charge is 2.53. The van der Waals surface area contributed by atoms with Gasteiger partial charge in [-0.25, -0.2) is 4.79 Å². The lowest BCUT2D eigenvalue weighted by Crippen LogP contribution is -2.60. The van der Waals surface area contributed by atoms with E-state index in [0.717, 1.165) is 12.0 Å². The zero-order valence-corrected chi connectivity index (χ0v) is 42.7. The van der Waals surface area contributed by atoms with Crippen molar-refractivity contribution in [2.24, 2.45) is 40.6 Å². The summed E-state index contributed by atoms with van der Waals surface area (Å²) in [5, 5.41) is 27.6. The fraction of sp³-hybridized carbons (Fsp3) is 0.685. The van der Waals surface area contributed by atoms with Crippen LogP contribution in [-0.4, -0.2) is 113 Å². The fourth-order valence-electron chi connectivity index (χ4n) is 10.9. The van der Waals surface area contributed by atoms with Crippen molar-refractivity contribution in [3.8, 4) is 0 Å². The molecule has 0 radical (unpaired) electrons. The molecular formula is C54H78N4O12. The number of hydrogen-bond donors (Lipinski definition) is 2. The maximum Gasteiger partial charge on any atom is 0.329 e. The molecule has 4 aliphatic rings. The van der Waals surface area contributed by atoms with Crippen molar-refractivity contribution in [1.29, 1.82) is 0 Å². The number of allylic oxidation sites excluding steroid dienone is 7. The topological polar surface area (TPSA) is 228 Å². The second-order valence-electron chi connectivity index (χ2n) is 20.6. The first-order chi connectivity index (χ1) is 33.3. The number of carbonyl (C=O) groups is 5. The Morgan fingerprint density at radius 1 is 0.943 bits per heavy atom. The van der Waals surface area contributed by atoms with Crippen LogP contribution < -0.4 is 0 Å². The van der Waals surface area contributed by atoms with Crippen molar-refractivity contribution >= 4 is 29.2 Å². The van der Waals surface area contributed by atoms with Gasteiger partial charge in [-0.3, -0.25) is 19.2 Å². The van der Waals surface area contributed by atoms with E-state index < -0.39 is 71.7 Å². The van der Waals surface area contributed by atoms with E-state index in [0.29, 0.717) is 69.1 Å². The van der Waals surface area contributed by atoms with Crippen molar-refractivity contribution in [2.75, 3.05) is 20.8 Å². The summed E-state index contributed by atoms with van der Waals surface area (Å²) in [4.78, 5) is 75.5. The second kappa shape index (κ2) is 26.1. The Balaban J connectivity index is 1.49. The molecule has 5 rings (SSSR count). The molecule has 2 unspecified atom stereocenters. The van der Waals surface area contributed by atoms with Crippen LogP contribution in [0.1, 0.15) is 137 Å². The lowest BCUT2D eigenvalue weighted by Gasteiger charge is -2.42. The van der Waals surface area contributed by atoms with Gasteiger partial charge in [0.05, 0.1) is 24.5 Å². The maximum absolute atomic E-state index is 14.5. The van der Waals surface area contributed by atoms with E-state index in [4.69, 9.17) is 28.9 Å². The predicted octanol–water partition coefficient (Wildman–Crippen LogP) is 8.86. The number of esters is 1. The summed E-state index contributed by atoms with van der Waals surface area (Å²) in [5.41, 5.74) is 10.4. The van der Waals surface area contributed by atoms with Crippen LogP contribution in [0.2, 0.25) is 0 Å². The normalized spacial score (nSPS) is 38.2. The summed E-state index contributed by atoms with van der Waals surface area (Å²) >= 11 is 0. The van der Waals surface area contributed by atoms with Crippen molar-refractivity contribution in [1.82, 2.24) is 4.90 Å². The standard InChI is InChI=1S/C54H78N4O12/c1-32-16-11-10-12-17-33(2)41(45-19-15-25-68-45)30-40-22-20-38(7)54(65,70-40)51(62)52(63)58-24-14-13-18-43(58)53(64)69-46(35(4)28-39-21-23-42(56-57-55)47(29-39)66-8)31-44(59)34(3)27-37(6)49(61)50(67-9)48(60)36(5)26-32/h10-12,15-17,19,25,27,32,34-36,38-43,46-47,49-50,61,65H,13-14,18,20-24,26,28-31H2,1-9H3/b12-10+,16-11+,33-17+,37-27+/t32-,34-,35-,36-,38-,39+,40+,41?,42?,43+,46+,47-,49-,50+,54-/m1/s1. The van der Waals surface area contributed by atoms with Crippen molar-refractivity contribution in [2.45, 2.75) is 180 Å². The van der Waals surface area contributed by atoms with E-state index >= 15 is 0 Å². The average molecular weight is 975 g/mol. The van der Waals surface area contributed by atoms with E-state index in [1.54, 1.807) is 46.3 Å². The molecule has 16 nitrogen and oxygen atoms in total. The summed E-state index contributed by atoms with van der Waals surface area (Å²) in [5.74, 6) is -7.78. The van der Waals surface area contributed by atoms with Gasteiger partial charge in [0.15, 0.2) is 5.78 Å². The Morgan fingerprint density at radius 3 is 2.39 bits per heavy atom. The predicted molar refractivity (Wildman–Crippen MR) is 263 cm³/mol. The minimum atomic E-state index is -2.46. The van der Waals surface area contributed by atoms with Gasteiger partial charge in [0.1, 0.15) is 35.9 Å². The lowest BCUT2D eigenvalue weighted by molar-refractivity contribution is -0.264. The number of piperidine rings is 1. The molecule has 1 aromatic rings. The zero-order chi connectivity index (χ0) is 51.3. The molecule has 1 aliphatic carbocycles. The number of hydrogen-bond acceptors (Lipinski definition) is 13. The minimum absolute atomic E-state index is 0.00282. The summed E-state index contributed by atoms with van der Waals surface area (Å²) in [6, 6.07) is 2.18. The van der Waals surface area contributed by atoms with E-state index in [2.05, 4.69) is 10.0 Å². The summed E-state index contributed by atoms with van der Waals surface area (Å²) in [6.07, 6.45) is 13.8. The van der Waals surface area contributed by atoms with Crippen molar-refractivity contribution in [3.63, 3.8) is 0 Å². The van der Waals surface area contributed by atoms with Crippen LogP contribution in [0.25, 0.3) is 10.4 Å². The molecule has 0 spiro atoms. The molecule has 386 valence electrons. The molecule has 1 saturated carbocycles. The van der Waals surface area contributed by atoms with Crippen molar-refractivity contribution in [3.05, 3.63) is 82.2 Å². The third-order valence-electron chi connectivity index (χ3n) is 15.3. The largest absolute Gasteiger partial charge is 0.469 e. The summed E-state index contributed by atoms with van der Waals surface area (Å²) < 4.78 is 29.8. The number of fused-ring (bicyclic) bond motifs is 3. The molecule has 15 atom stereocenters. The number of azide groups is 1. The quantitative estimate of drug-likeness (QED) is 0.0652. The number of rotatable bonds is 7. The van der Waals surface area contributed by atoms with Gasteiger partial charge in [-0.1, -0.05) is 81.8 Å². The van der Waals surface area contributed by atoms with Crippen molar-refractivity contribution < 1.29 is 57.6 Å². The highest BCUT2D eigenvalue weighted by molar-refractivity contribution is 6.39. The Morgan fingerprint density at radius 2 is 1.70 bits per heavy atom. The number of nitrogens with zero attached hydrogens (tertiary/aromatic N) is 4. The van der Waals surface area contributed by atoms with Crippen LogP contribution in [0.3, 0.4) is 0 Å². The van der Waals surface area contributed by atoms with Crippen LogP contribution in [0.15, 0.2) is 75.5 Å². The minimum Gasteiger partial charge on any atom is -0.469 e. The van der Waals surface area contributed by atoms with Gasteiger partial charge < -0.3 is 38.5 Å². The SMILES string of the molecule is CO[C@@H]1C[C@H](C[C@@H](C)[C@@H]2CC(=O)[C@H](C)/C=C(\C)[C@@H](O)[C@@H](OC)C(=O)[C@H](C)C[C@H](C)/C=C/C=C/C=C(\C)C(c3ccco3)C[C@@H]3CC[C@@H](C)[C@@](O)(O3)C(=O)C(=O)N3CCCC[C@H]3C(=O)O2)CCC1N=[N+]=[N-]. The van der Waals surface area contributed by atoms with E-state index in [1.807, 2.05) is 64.1 Å². The monoisotopic (exact) mass is 975 g/mol. The fourth-order valence-corrected chi connectivity index (χ4v) is 10.9. The van der Waals surface area contributed by atoms with E-state index in [1.165, 1.54) is 12.0 Å². The Kier molecular flexibility index (Phi) is 21.0. The van der Waals surface area contributed by atoms with Gasteiger partial charge >= 0.3 is 5.97 Å². The number of ether oxygens (including phenoxy) is 4. The van der Waals surface area contributed by atoms with Gasteiger partial charge in [-0.2, -0.15) is 0 Å². The van der Waals surface area contributed by atoms with Gasteiger partial charge in [0.2, 0.25) is 5.79 Å². The number of ketones is 3. The first kappa shape index (κ1) is 56.2. The number of aliphatic hydroxyl groups excluding tert-OH is 1. The summed E-state index contributed by atoms with van der Waals surface area (Å²) in [7, 11) is 2.95. The van der Waals surface area contributed by atoms with Gasteiger partial charge in [0, 0.05) is 55.8 Å². The Labute approximate surface area is 413 Å². The molecule has 16 heteroatoms. The van der Waals surface area contributed by atoms with E-state index in [-0.39, 0.29) is 66.8 Å². The second-order valence-corrected chi connectivity index (χ2v) is 20.6. The van der Waals surface area contributed by atoms with Gasteiger partial charge in [-0.05, 0) is 125 Å². The number of amides is 1. The van der Waals surface area contributed by atoms with Crippen LogP contribution >= 0.6 is 0 Å². The molecule has 2 bridgehead atoms. The third kappa shape index (κ3) is 14.3. The van der Waals surface area contributed by atoms with Crippen LogP contribution in [0, 0.1) is 35.5 Å². The number of cyclic esters (lactones) is 1. The number of aliphatic hydroxyl groups is 2. The van der Waals surface area contributed by atoms with E-state index in [9.17, 15) is 34.2 Å². The number of furan rings is 1. The Bertz CT molecular complexity index is 2130. The van der Waals surface area contributed by atoms with Gasteiger partial charge in [-0.15, -0.1) is 0 Å². The van der Waals surface area contributed by atoms with Crippen LogP contribution in [-0.2, 0) is 42.9 Å². The number of methoxy groups -OCH3 is 2. The number of Topliss-reactive ketones (excluding diaryl/α,β-unsaturated/α-hetero) is 3. The highest BCUT2D eigenvalue weighted by atomic mass is 16.6. The number of carbonyl (C=O) groups excluding carboxylic acids is 5. The third-order valence-corrected chi connectivity index (χ3v) is 15.3. The maximum atomic E-state index is 14.5. The zero-order valence-electron chi connectivity index (χ0n) is 42.7. The highest BCUT2D eigenvalue weighted by Crippen LogP contribution is 2.40. The molecule has 1 amide bonds. The van der Waals surface area contributed by atoms with Crippen LogP contribution in [0.4, 0.5) is 0 Å². The first-order valence-corrected chi connectivity index (χ1v) is 25.4. The Hall–Kier alpha value is -4.70. The molecular weight excluding hydrogens is 897 g/mol. The molecule has 3 aliphatic heterocycles. The molecule has 3 fully saturated rings. The summed E-state index contributed by atoms with van der Waals surface area (Å²) in [6.45, 7) is 12.8. The lowest BCUT2D eigenvalue weighted by atomic mass is 9.78. The smallest absolute Gasteiger partial charge is 0.329 e. The molecule has 2 saturated heterocycles. The molecule has 4 heterocycles. The van der Waals surface area contributed by atoms with Gasteiger partial charge in [0.25, 0.3) is 11.7 Å².